The molecule has 7 nitrogen and oxygen atoms in total. The fourth-order valence-electron chi connectivity index (χ4n) is 2.58. The molecule has 1 atom stereocenters. The Morgan fingerprint density at radius 2 is 1.61 bits per heavy atom. The first-order chi connectivity index (χ1) is 13.3. The summed E-state index contributed by atoms with van der Waals surface area (Å²) in [5.41, 5.74) is 0.639. The number of carbonyl (C=O) groups excluding carboxylic acids is 1. The predicted molar refractivity (Wildman–Crippen MR) is 99.1 cm³/mol. The molecule has 0 aliphatic heterocycles. The highest BCUT2D eigenvalue weighted by molar-refractivity contribution is 5.84. The summed E-state index contributed by atoms with van der Waals surface area (Å²) in [6.45, 7) is 1.03. The predicted octanol–water partition coefficient (Wildman–Crippen LogP) is 2.72. The summed E-state index contributed by atoms with van der Waals surface area (Å²) >= 11 is 0. The first-order valence-corrected chi connectivity index (χ1v) is 8.47. The second kappa shape index (κ2) is 9.59. The molecule has 0 aliphatic rings. The molecule has 0 saturated heterocycles. The van der Waals surface area contributed by atoms with Crippen molar-refractivity contribution in [2.45, 2.75) is 19.6 Å². The van der Waals surface area contributed by atoms with E-state index < -0.39 is 30.3 Å². The van der Waals surface area contributed by atoms with Gasteiger partial charge in [-0.3, -0.25) is 9.59 Å². The topological polar surface area (TPSA) is 85.3 Å². The van der Waals surface area contributed by atoms with Gasteiger partial charge in [0.2, 0.25) is 0 Å². The standard InChI is InChI=1S/C20H22FNO6/c1-13(28-16-6-4-15(21)5-7-16)20(25)22(12-19(23)24)11-14-8-17(26-2)10-18(9-14)27-3/h4-10,13H,11-12H2,1-3H3,(H,23,24). The van der Waals surface area contributed by atoms with E-state index in [1.54, 1.807) is 18.2 Å². The summed E-state index contributed by atoms with van der Waals surface area (Å²) in [6.07, 6.45) is -0.961. The van der Waals surface area contributed by atoms with E-state index in [-0.39, 0.29) is 6.54 Å². The van der Waals surface area contributed by atoms with Crippen LogP contribution in [0.5, 0.6) is 17.2 Å². The molecular formula is C20H22FNO6. The number of methoxy groups -OCH3 is 2. The zero-order valence-electron chi connectivity index (χ0n) is 15.8. The summed E-state index contributed by atoms with van der Waals surface area (Å²) in [7, 11) is 2.99. The third-order valence-electron chi connectivity index (χ3n) is 3.90. The van der Waals surface area contributed by atoms with Crippen LogP contribution in [0.1, 0.15) is 12.5 Å². The Hall–Kier alpha value is -3.29. The SMILES string of the molecule is COc1cc(CN(CC(=O)O)C(=O)C(C)Oc2ccc(F)cc2)cc(OC)c1. The summed E-state index contributed by atoms with van der Waals surface area (Å²) < 4.78 is 28.9. The second-order valence-electron chi connectivity index (χ2n) is 6.02. The lowest BCUT2D eigenvalue weighted by Crippen LogP contribution is -2.42. The maximum absolute atomic E-state index is 13.0. The number of nitrogens with zero attached hydrogens (tertiary/aromatic N) is 1. The van der Waals surface area contributed by atoms with Crippen molar-refractivity contribution < 1.29 is 33.3 Å². The van der Waals surface area contributed by atoms with Gasteiger partial charge < -0.3 is 24.2 Å². The molecule has 2 aromatic carbocycles. The van der Waals surface area contributed by atoms with Gasteiger partial charge in [0.1, 0.15) is 29.6 Å². The van der Waals surface area contributed by atoms with Gasteiger partial charge in [0.15, 0.2) is 6.10 Å². The molecule has 28 heavy (non-hydrogen) atoms. The van der Waals surface area contributed by atoms with Crippen LogP contribution in [0.4, 0.5) is 4.39 Å². The summed E-state index contributed by atoms with van der Waals surface area (Å²) in [4.78, 5) is 25.2. The van der Waals surface area contributed by atoms with Crippen molar-refractivity contribution in [3.05, 3.63) is 53.8 Å². The Morgan fingerprint density at radius 1 is 1.04 bits per heavy atom. The van der Waals surface area contributed by atoms with Crippen molar-refractivity contribution in [3.63, 3.8) is 0 Å². The van der Waals surface area contributed by atoms with E-state index in [1.165, 1.54) is 45.4 Å². The van der Waals surface area contributed by atoms with E-state index >= 15 is 0 Å². The van der Waals surface area contributed by atoms with Crippen molar-refractivity contribution in [2.75, 3.05) is 20.8 Å². The number of carbonyl (C=O) groups is 2. The number of ether oxygens (including phenoxy) is 3. The molecule has 1 unspecified atom stereocenters. The maximum atomic E-state index is 13.0. The van der Waals surface area contributed by atoms with E-state index in [1.807, 2.05) is 0 Å². The van der Waals surface area contributed by atoms with E-state index in [4.69, 9.17) is 14.2 Å². The number of hydrogen-bond donors (Lipinski definition) is 1. The highest BCUT2D eigenvalue weighted by atomic mass is 19.1. The minimum Gasteiger partial charge on any atom is -0.497 e. The first kappa shape index (κ1) is 21.0. The van der Waals surface area contributed by atoms with Gasteiger partial charge in [-0.25, -0.2) is 4.39 Å². The van der Waals surface area contributed by atoms with Crippen LogP contribution in [-0.2, 0) is 16.1 Å². The zero-order chi connectivity index (χ0) is 20.7. The van der Waals surface area contributed by atoms with Crippen LogP contribution >= 0.6 is 0 Å². The lowest BCUT2D eigenvalue weighted by atomic mass is 10.1. The molecule has 150 valence electrons. The molecule has 0 saturated carbocycles. The van der Waals surface area contributed by atoms with Gasteiger partial charge in [0, 0.05) is 12.6 Å². The number of rotatable bonds is 9. The third-order valence-corrected chi connectivity index (χ3v) is 3.90. The molecule has 0 aliphatic carbocycles. The summed E-state index contributed by atoms with van der Waals surface area (Å²) in [5.74, 6) is -0.752. The second-order valence-corrected chi connectivity index (χ2v) is 6.02. The minimum absolute atomic E-state index is 0.0236. The number of carboxylic acids is 1. The molecule has 8 heteroatoms. The summed E-state index contributed by atoms with van der Waals surface area (Å²) in [6, 6.07) is 10.3. The van der Waals surface area contributed by atoms with Gasteiger partial charge >= 0.3 is 5.97 Å². The Kier molecular flexibility index (Phi) is 7.20. The molecule has 1 N–H and O–H groups in total. The molecule has 0 heterocycles. The lowest BCUT2D eigenvalue weighted by Gasteiger charge is -2.25. The van der Waals surface area contributed by atoms with Crippen LogP contribution < -0.4 is 14.2 Å². The fraction of sp³-hybridized carbons (Fsp3) is 0.300. The van der Waals surface area contributed by atoms with Gasteiger partial charge in [-0.05, 0) is 48.9 Å². The van der Waals surface area contributed by atoms with Gasteiger partial charge in [0.05, 0.1) is 14.2 Å². The van der Waals surface area contributed by atoms with Crippen molar-refractivity contribution in [1.82, 2.24) is 4.90 Å². The normalized spacial score (nSPS) is 11.4. The highest BCUT2D eigenvalue weighted by Gasteiger charge is 2.24. The third kappa shape index (κ3) is 5.87. The van der Waals surface area contributed by atoms with Gasteiger partial charge in [-0.2, -0.15) is 0 Å². The fourth-order valence-corrected chi connectivity index (χ4v) is 2.58. The van der Waals surface area contributed by atoms with Crippen LogP contribution in [0.3, 0.4) is 0 Å². The van der Waals surface area contributed by atoms with E-state index in [2.05, 4.69) is 0 Å². The van der Waals surface area contributed by atoms with Crippen molar-refractivity contribution in [2.24, 2.45) is 0 Å². The quantitative estimate of drug-likeness (QED) is 0.708. The average molecular weight is 391 g/mol. The van der Waals surface area contributed by atoms with Crippen LogP contribution in [0.25, 0.3) is 0 Å². The van der Waals surface area contributed by atoms with Gasteiger partial charge in [-0.1, -0.05) is 0 Å². The molecule has 0 aromatic heterocycles. The number of aliphatic carboxylic acids is 1. The van der Waals surface area contributed by atoms with Crippen LogP contribution in [0.15, 0.2) is 42.5 Å². The smallest absolute Gasteiger partial charge is 0.323 e. The molecule has 0 radical (unpaired) electrons. The molecule has 1 amide bonds. The van der Waals surface area contributed by atoms with E-state index in [0.29, 0.717) is 22.8 Å². The summed E-state index contributed by atoms with van der Waals surface area (Å²) in [5, 5.41) is 9.19. The number of carboxylic acid groups (broad SMARTS) is 1. The number of hydrogen-bond acceptors (Lipinski definition) is 5. The average Bonchev–Trinajstić information content (AvgIpc) is 2.67. The largest absolute Gasteiger partial charge is 0.497 e. The molecule has 2 rings (SSSR count). The van der Waals surface area contributed by atoms with E-state index in [9.17, 15) is 19.1 Å². The van der Waals surface area contributed by atoms with Crippen LogP contribution in [-0.4, -0.2) is 48.8 Å². The van der Waals surface area contributed by atoms with Gasteiger partial charge in [0.25, 0.3) is 5.91 Å². The molecule has 2 aromatic rings. The Labute approximate surface area is 162 Å². The molecule has 0 fully saturated rings. The van der Waals surface area contributed by atoms with Gasteiger partial charge in [-0.15, -0.1) is 0 Å². The van der Waals surface area contributed by atoms with Crippen LogP contribution in [0, 0.1) is 5.82 Å². The van der Waals surface area contributed by atoms with Crippen molar-refractivity contribution in [3.8, 4) is 17.2 Å². The highest BCUT2D eigenvalue weighted by Crippen LogP contribution is 2.24. The zero-order valence-corrected chi connectivity index (χ0v) is 15.8. The minimum atomic E-state index is -1.16. The molecule has 0 bridgehead atoms. The van der Waals surface area contributed by atoms with E-state index in [0.717, 1.165) is 4.90 Å². The maximum Gasteiger partial charge on any atom is 0.323 e. The van der Waals surface area contributed by atoms with Crippen LogP contribution in [0.2, 0.25) is 0 Å². The Balaban J connectivity index is 2.18. The first-order valence-electron chi connectivity index (χ1n) is 8.47. The monoisotopic (exact) mass is 391 g/mol. The Bertz CT molecular complexity index is 802. The number of amides is 1. The van der Waals surface area contributed by atoms with Crippen molar-refractivity contribution in [1.29, 1.82) is 0 Å². The molecule has 0 spiro atoms. The number of halogens is 1. The lowest BCUT2D eigenvalue weighted by molar-refractivity contribution is -0.148. The molecular weight excluding hydrogens is 369 g/mol. The van der Waals surface area contributed by atoms with Crippen molar-refractivity contribution >= 4 is 11.9 Å². The Morgan fingerprint density at radius 3 is 2.11 bits per heavy atom. The number of benzene rings is 2.